The molecule has 0 aliphatic rings. The molecule has 1 atom stereocenters. The Hall–Kier alpha value is -1.99. The molecule has 1 aromatic rings. The number of para-hydroxylation sites is 1. The predicted octanol–water partition coefficient (Wildman–Crippen LogP) is 1.00. The number of nitrogens with two attached hydrogens (primary N) is 1. The maximum atomic E-state index is 11.9. The summed E-state index contributed by atoms with van der Waals surface area (Å²) >= 11 is 0. The molecular weight excluding hydrogens is 228 g/mol. The molecule has 0 saturated carbocycles. The minimum Gasteiger partial charge on any atom is -0.496 e. The van der Waals surface area contributed by atoms with E-state index in [0.29, 0.717) is 6.54 Å². The molecule has 0 radical (unpaired) electrons. The first-order valence-electron chi connectivity index (χ1n) is 5.66. The van der Waals surface area contributed by atoms with Crippen molar-refractivity contribution in [3.05, 3.63) is 29.8 Å². The number of ether oxygens (including phenoxy) is 1. The lowest BCUT2D eigenvalue weighted by molar-refractivity contribution is -0.131. The van der Waals surface area contributed by atoms with Crippen LogP contribution in [0.5, 0.6) is 5.75 Å². The van der Waals surface area contributed by atoms with E-state index in [1.165, 1.54) is 0 Å². The number of rotatable bonds is 5. The molecule has 0 fully saturated rings. The molecule has 1 amide bonds. The van der Waals surface area contributed by atoms with Crippen LogP contribution in [0.4, 0.5) is 0 Å². The Morgan fingerprint density at radius 2 is 2.22 bits per heavy atom. The molecule has 1 rings (SSSR count). The van der Waals surface area contributed by atoms with E-state index in [-0.39, 0.29) is 12.3 Å². The lowest BCUT2D eigenvalue weighted by atomic mass is 10.1. The highest BCUT2D eigenvalue weighted by atomic mass is 16.5. The van der Waals surface area contributed by atoms with E-state index in [0.717, 1.165) is 11.3 Å². The molecular formula is C14H18N2O2. The summed E-state index contributed by atoms with van der Waals surface area (Å²) in [7, 11) is 3.30. The van der Waals surface area contributed by atoms with Crippen molar-refractivity contribution in [2.45, 2.75) is 19.0 Å². The summed E-state index contributed by atoms with van der Waals surface area (Å²) in [5.74, 6) is 2.98. The van der Waals surface area contributed by atoms with Crippen molar-refractivity contribution in [2.75, 3.05) is 14.2 Å². The third-order valence-electron chi connectivity index (χ3n) is 2.63. The van der Waals surface area contributed by atoms with Crippen LogP contribution in [-0.4, -0.2) is 31.0 Å². The van der Waals surface area contributed by atoms with Crippen molar-refractivity contribution < 1.29 is 9.53 Å². The van der Waals surface area contributed by atoms with E-state index in [1.54, 1.807) is 19.1 Å². The van der Waals surface area contributed by atoms with Crippen molar-refractivity contribution >= 4 is 5.91 Å². The first-order valence-corrected chi connectivity index (χ1v) is 5.66. The van der Waals surface area contributed by atoms with Gasteiger partial charge in [-0.3, -0.25) is 4.79 Å². The van der Waals surface area contributed by atoms with Gasteiger partial charge in [0.05, 0.1) is 13.2 Å². The molecule has 0 bridgehead atoms. The SMILES string of the molecule is C#CCC(N)C(=O)N(C)Cc1ccccc1OC. The van der Waals surface area contributed by atoms with Crippen LogP contribution < -0.4 is 10.5 Å². The van der Waals surface area contributed by atoms with E-state index < -0.39 is 6.04 Å². The van der Waals surface area contributed by atoms with Gasteiger partial charge in [-0.25, -0.2) is 0 Å². The number of amides is 1. The summed E-state index contributed by atoms with van der Waals surface area (Å²) in [4.78, 5) is 13.5. The molecule has 0 aliphatic carbocycles. The third-order valence-corrected chi connectivity index (χ3v) is 2.63. The number of likely N-dealkylation sites (N-methyl/N-ethyl adjacent to an activating group) is 1. The topological polar surface area (TPSA) is 55.6 Å². The predicted molar refractivity (Wildman–Crippen MR) is 70.9 cm³/mol. The summed E-state index contributed by atoms with van der Waals surface area (Å²) in [5, 5.41) is 0. The Morgan fingerprint density at radius 3 is 2.83 bits per heavy atom. The van der Waals surface area contributed by atoms with Crippen LogP contribution in [0.3, 0.4) is 0 Å². The molecule has 1 aromatic carbocycles. The highest BCUT2D eigenvalue weighted by Gasteiger charge is 2.18. The van der Waals surface area contributed by atoms with E-state index in [1.807, 2.05) is 24.3 Å². The fraction of sp³-hybridized carbons (Fsp3) is 0.357. The van der Waals surface area contributed by atoms with Crippen molar-refractivity contribution in [3.63, 3.8) is 0 Å². The summed E-state index contributed by atoms with van der Waals surface area (Å²) in [5.41, 5.74) is 6.62. The first kappa shape index (κ1) is 14.1. The van der Waals surface area contributed by atoms with Gasteiger partial charge in [-0.05, 0) is 6.07 Å². The highest BCUT2D eigenvalue weighted by Crippen LogP contribution is 2.18. The maximum Gasteiger partial charge on any atom is 0.240 e. The minimum absolute atomic E-state index is 0.168. The van der Waals surface area contributed by atoms with Crippen LogP contribution in [0.2, 0.25) is 0 Å². The van der Waals surface area contributed by atoms with Crippen LogP contribution >= 0.6 is 0 Å². The van der Waals surface area contributed by atoms with E-state index in [4.69, 9.17) is 16.9 Å². The van der Waals surface area contributed by atoms with Gasteiger partial charge in [0.25, 0.3) is 0 Å². The smallest absolute Gasteiger partial charge is 0.240 e. The normalized spacial score (nSPS) is 11.4. The molecule has 4 nitrogen and oxygen atoms in total. The number of nitrogens with zero attached hydrogens (tertiary/aromatic N) is 1. The second-order valence-electron chi connectivity index (χ2n) is 4.02. The third kappa shape index (κ3) is 3.51. The van der Waals surface area contributed by atoms with Crippen molar-refractivity contribution in [3.8, 4) is 18.1 Å². The molecule has 0 heterocycles. The average molecular weight is 246 g/mol. The Labute approximate surface area is 108 Å². The summed E-state index contributed by atoms with van der Waals surface area (Å²) in [6.07, 6.45) is 5.39. The molecule has 96 valence electrons. The maximum absolute atomic E-state index is 11.9. The summed E-state index contributed by atoms with van der Waals surface area (Å²) in [6, 6.07) is 6.91. The fourth-order valence-electron chi connectivity index (χ4n) is 1.66. The number of carbonyl (C=O) groups excluding carboxylic acids is 1. The van der Waals surface area contributed by atoms with Crippen LogP contribution in [0.1, 0.15) is 12.0 Å². The van der Waals surface area contributed by atoms with Gasteiger partial charge in [0.1, 0.15) is 5.75 Å². The Balaban J connectivity index is 2.72. The highest BCUT2D eigenvalue weighted by molar-refractivity contribution is 5.81. The number of benzene rings is 1. The largest absolute Gasteiger partial charge is 0.496 e. The Kier molecular flexibility index (Phi) is 5.22. The number of terminal acetylenes is 1. The van der Waals surface area contributed by atoms with Gasteiger partial charge in [-0.1, -0.05) is 18.2 Å². The van der Waals surface area contributed by atoms with Crippen molar-refractivity contribution in [1.29, 1.82) is 0 Å². The fourth-order valence-corrected chi connectivity index (χ4v) is 1.66. The van der Waals surface area contributed by atoms with E-state index in [9.17, 15) is 4.79 Å². The second kappa shape index (κ2) is 6.67. The zero-order valence-electron chi connectivity index (χ0n) is 10.7. The van der Waals surface area contributed by atoms with Crippen LogP contribution in [0.25, 0.3) is 0 Å². The van der Waals surface area contributed by atoms with Crippen LogP contribution in [-0.2, 0) is 11.3 Å². The van der Waals surface area contributed by atoms with Gasteiger partial charge < -0.3 is 15.4 Å². The zero-order valence-corrected chi connectivity index (χ0v) is 10.7. The number of carbonyl (C=O) groups is 1. The Morgan fingerprint density at radius 1 is 1.56 bits per heavy atom. The molecule has 2 N–H and O–H groups in total. The zero-order chi connectivity index (χ0) is 13.5. The first-order chi connectivity index (χ1) is 8.60. The average Bonchev–Trinajstić information content (AvgIpc) is 2.38. The quantitative estimate of drug-likeness (QED) is 0.789. The van der Waals surface area contributed by atoms with Gasteiger partial charge in [-0.2, -0.15) is 0 Å². The number of hydrogen-bond donors (Lipinski definition) is 1. The summed E-state index contributed by atoms with van der Waals surface area (Å²) in [6.45, 7) is 0.446. The molecule has 1 unspecified atom stereocenters. The lowest BCUT2D eigenvalue weighted by Gasteiger charge is -2.21. The number of hydrogen-bond acceptors (Lipinski definition) is 3. The Bertz CT molecular complexity index is 451. The van der Waals surface area contributed by atoms with Gasteiger partial charge in [0, 0.05) is 25.6 Å². The molecule has 0 aliphatic heterocycles. The van der Waals surface area contributed by atoms with Gasteiger partial charge in [-0.15, -0.1) is 12.3 Å². The van der Waals surface area contributed by atoms with Crippen molar-refractivity contribution in [2.24, 2.45) is 5.73 Å². The molecule has 0 aromatic heterocycles. The van der Waals surface area contributed by atoms with Gasteiger partial charge >= 0.3 is 0 Å². The number of methoxy groups -OCH3 is 1. The molecule has 0 saturated heterocycles. The second-order valence-corrected chi connectivity index (χ2v) is 4.02. The molecule has 0 spiro atoms. The molecule has 18 heavy (non-hydrogen) atoms. The lowest BCUT2D eigenvalue weighted by Crippen LogP contribution is -2.41. The molecule has 4 heteroatoms. The van der Waals surface area contributed by atoms with E-state index >= 15 is 0 Å². The van der Waals surface area contributed by atoms with Gasteiger partial charge in [0.15, 0.2) is 0 Å². The monoisotopic (exact) mass is 246 g/mol. The summed E-state index contributed by atoms with van der Waals surface area (Å²) < 4.78 is 5.23. The van der Waals surface area contributed by atoms with Crippen LogP contribution in [0.15, 0.2) is 24.3 Å². The van der Waals surface area contributed by atoms with Crippen LogP contribution in [0, 0.1) is 12.3 Å². The standard InChI is InChI=1S/C14H18N2O2/c1-4-7-12(15)14(17)16(2)10-11-8-5-6-9-13(11)18-3/h1,5-6,8-9,12H,7,10,15H2,2-3H3. The van der Waals surface area contributed by atoms with Crippen molar-refractivity contribution in [1.82, 2.24) is 4.90 Å². The van der Waals surface area contributed by atoms with E-state index in [2.05, 4.69) is 5.92 Å². The minimum atomic E-state index is -0.644. The van der Waals surface area contributed by atoms with Gasteiger partial charge in [0.2, 0.25) is 5.91 Å².